The summed E-state index contributed by atoms with van der Waals surface area (Å²) in [7, 11) is 0. The van der Waals surface area contributed by atoms with Crippen LogP contribution >= 0.6 is 0 Å². The van der Waals surface area contributed by atoms with Crippen LogP contribution in [0.4, 0.5) is 9.59 Å². The molecule has 1 fully saturated rings. The second-order valence-corrected chi connectivity index (χ2v) is 13.0. The first-order valence-electron chi connectivity index (χ1n) is 15.2. The van der Waals surface area contributed by atoms with Gasteiger partial charge in [0, 0.05) is 0 Å². The zero-order chi connectivity index (χ0) is 32.6. The van der Waals surface area contributed by atoms with E-state index < -0.39 is 60.1 Å². The predicted molar refractivity (Wildman–Crippen MR) is 167 cm³/mol. The molecule has 11 heteroatoms. The summed E-state index contributed by atoms with van der Waals surface area (Å²) < 4.78 is 5.50. The number of amides is 4. The Hall–Kier alpha value is -3.51. The number of carbonyl (C=O) groups is 3. The highest BCUT2D eigenvalue weighted by molar-refractivity contribution is 5.97. The third kappa shape index (κ3) is 10.0. The van der Waals surface area contributed by atoms with Crippen LogP contribution in [0.25, 0.3) is 0 Å². The number of ether oxygens (including phenoxy) is 1. The number of hydrogen-bond acceptors (Lipinski definition) is 8. The van der Waals surface area contributed by atoms with Gasteiger partial charge >= 0.3 is 12.1 Å². The Morgan fingerprint density at radius 1 is 0.955 bits per heavy atom. The van der Waals surface area contributed by atoms with Gasteiger partial charge in [-0.25, -0.2) is 9.59 Å². The number of nitrogens with zero attached hydrogens (tertiary/aromatic N) is 2. The molecule has 0 aromatic heterocycles. The largest absolute Gasteiger partial charge is 0.444 e. The molecule has 0 bridgehead atoms. The molecule has 11 nitrogen and oxygen atoms in total. The summed E-state index contributed by atoms with van der Waals surface area (Å²) in [6.45, 7) is 8.60. The molecule has 44 heavy (non-hydrogen) atoms. The van der Waals surface area contributed by atoms with Crippen molar-refractivity contribution in [1.29, 1.82) is 0 Å². The van der Waals surface area contributed by atoms with Crippen molar-refractivity contribution < 1.29 is 34.4 Å². The van der Waals surface area contributed by atoms with Gasteiger partial charge in [0.05, 0.1) is 49.5 Å². The van der Waals surface area contributed by atoms with Crippen molar-refractivity contribution in [2.24, 2.45) is 11.7 Å². The van der Waals surface area contributed by atoms with Crippen molar-refractivity contribution in [3.63, 3.8) is 0 Å². The molecule has 0 spiro atoms. The maximum atomic E-state index is 14.1. The van der Waals surface area contributed by atoms with Crippen molar-refractivity contribution >= 4 is 18.0 Å². The van der Waals surface area contributed by atoms with Crippen LogP contribution in [0.15, 0.2) is 60.7 Å². The molecule has 2 aromatic carbocycles. The van der Waals surface area contributed by atoms with Crippen molar-refractivity contribution in [3.8, 4) is 0 Å². The van der Waals surface area contributed by atoms with Crippen molar-refractivity contribution in [2.75, 3.05) is 13.1 Å². The first-order valence-corrected chi connectivity index (χ1v) is 15.2. The van der Waals surface area contributed by atoms with Crippen LogP contribution in [0.3, 0.4) is 0 Å². The van der Waals surface area contributed by atoms with Gasteiger partial charge in [-0.15, -0.1) is 0 Å². The fourth-order valence-corrected chi connectivity index (χ4v) is 5.34. The molecule has 1 heterocycles. The number of likely N-dealkylation sites (tertiary alicyclic amines) is 1. The van der Waals surface area contributed by atoms with Crippen LogP contribution in [0.2, 0.25) is 0 Å². The van der Waals surface area contributed by atoms with E-state index in [1.807, 2.05) is 74.5 Å². The van der Waals surface area contributed by atoms with Crippen LogP contribution < -0.4 is 11.1 Å². The highest BCUT2D eigenvalue weighted by Gasteiger charge is 2.44. The van der Waals surface area contributed by atoms with Gasteiger partial charge in [0.2, 0.25) is 5.91 Å². The maximum absolute atomic E-state index is 14.1. The van der Waals surface area contributed by atoms with E-state index in [9.17, 15) is 29.7 Å². The van der Waals surface area contributed by atoms with Crippen LogP contribution in [-0.2, 0) is 22.4 Å². The monoisotopic (exact) mass is 612 g/mol. The maximum Gasteiger partial charge on any atom is 0.407 e. The lowest BCUT2D eigenvalue weighted by atomic mass is 9.90. The highest BCUT2D eigenvalue weighted by atomic mass is 16.6. The quantitative estimate of drug-likeness (QED) is 0.258. The van der Waals surface area contributed by atoms with Gasteiger partial charge in [0.1, 0.15) is 5.60 Å². The second kappa shape index (κ2) is 15.5. The van der Waals surface area contributed by atoms with Crippen molar-refractivity contribution in [1.82, 2.24) is 15.1 Å². The fraction of sp³-hybridized carbons (Fsp3) is 0.545. The third-order valence-electron chi connectivity index (χ3n) is 7.44. The number of hydrogen-bond donors (Lipinski definition) is 5. The first kappa shape index (κ1) is 35.0. The van der Waals surface area contributed by atoms with E-state index in [0.29, 0.717) is 0 Å². The molecule has 2 aromatic rings. The zero-order valence-corrected chi connectivity index (χ0v) is 26.3. The molecule has 6 atom stereocenters. The third-order valence-corrected chi connectivity index (χ3v) is 7.44. The summed E-state index contributed by atoms with van der Waals surface area (Å²) in [5.41, 5.74) is 7.08. The number of aliphatic hydroxyl groups excluding tert-OH is 3. The lowest BCUT2D eigenvalue weighted by Crippen LogP contribution is -2.63. The molecular weight excluding hydrogens is 564 g/mol. The molecular formula is C33H48N4O7. The van der Waals surface area contributed by atoms with Crippen molar-refractivity contribution in [2.45, 2.75) is 95.9 Å². The smallest absolute Gasteiger partial charge is 0.407 e. The minimum absolute atomic E-state index is 0.0403. The fourth-order valence-electron chi connectivity index (χ4n) is 5.34. The van der Waals surface area contributed by atoms with Gasteiger partial charge in [-0.3, -0.25) is 9.69 Å². The minimum Gasteiger partial charge on any atom is -0.444 e. The van der Waals surface area contributed by atoms with Crippen LogP contribution in [0.1, 0.15) is 52.2 Å². The van der Waals surface area contributed by atoms with Gasteiger partial charge in [0.25, 0.3) is 0 Å². The molecule has 4 amide bonds. The number of urea groups is 1. The Bertz CT molecular complexity index is 1210. The standard InChI is InChI=1S/C33H48N4O7/c1-21(2)16-24(34)30(41)37(32(43)36-19-27(38)28(39)20-36)26(18-23-14-10-7-11-15-23)29(40)25(17-22-12-8-6-9-13-22)35-31(42)44-33(3,4)5/h6-15,21,24-29,38-40H,16-20,34H2,1-5H3,(H,35,42)/t24-,25?,26?,27-,28+,29?/m0/s1. The molecule has 1 aliphatic heterocycles. The summed E-state index contributed by atoms with van der Waals surface area (Å²) in [4.78, 5) is 43.4. The van der Waals surface area contributed by atoms with E-state index in [2.05, 4.69) is 5.32 Å². The van der Waals surface area contributed by atoms with E-state index >= 15 is 0 Å². The number of rotatable bonds is 11. The summed E-state index contributed by atoms with van der Waals surface area (Å²) in [6, 6.07) is 14.3. The summed E-state index contributed by atoms with van der Waals surface area (Å²) in [5.74, 6) is -0.659. The first-order chi connectivity index (χ1) is 20.7. The lowest BCUT2D eigenvalue weighted by molar-refractivity contribution is -0.135. The normalized spacial score (nSPS) is 19.6. The van der Waals surface area contributed by atoms with Crippen LogP contribution in [-0.4, -0.2) is 98.3 Å². The Morgan fingerprint density at radius 2 is 1.45 bits per heavy atom. The average molecular weight is 613 g/mol. The minimum atomic E-state index is -1.47. The average Bonchev–Trinajstić information content (AvgIpc) is 3.29. The molecule has 0 aliphatic carbocycles. The summed E-state index contributed by atoms with van der Waals surface area (Å²) >= 11 is 0. The van der Waals surface area contributed by atoms with Gasteiger partial charge in [0.15, 0.2) is 0 Å². The number of imide groups is 1. The molecule has 1 aliphatic rings. The Morgan fingerprint density at radius 3 is 1.93 bits per heavy atom. The molecule has 1 saturated heterocycles. The van der Waals surface area contributed by atoms with Gasteiger partial charge in [-0.1, -0.05) is 74.5 Å². The number of nitrogens with two attached hydrogens (primary N) is 1. The molecule has 0 radical (unpaired) electrons. The number of aliphatic hydroxyl groups is 3. The zero-order valence-electron chi connectivity index (χ0n) is 26.3. The van der Waals surface area contributed by atoms with Crippen LogP contribution in [0.5, 0.6) is 0 Å². The molecule has 3 unspecified atom stereocenters. The molecule has 0 saturated carbocycles. The summed E-state index contributed by atoms with van der Waals surface area (Å²) in [5, 5.41) is 35.3. The van der Waals surface area contributed by atoms with Crippen molar-refractivity contribution in [3.05, 3.63) is 71.8 Å². The van der Waals surface area contributed by atoms with E-state index in [1.165, 1.54) is 4.90 Å². The topological polar surface area (TPSA) is 166 Å². The number of carbonyl (C=O) groups excluding carboxylic acids is 3. The van der Waals surface area contributed by atoms with E-state index in [0.717, 1.165) is 16.0 Å². The number of β-amino-alcohol motifs (C(OH)–C–C–N with tert-alkyl or cyclic N) is 2. The Labute approximate surface area is 260 Å². The SMILES string of the molecule is CC(C)C[C@H](N)C(=O)N(C(=O)N1C[C@@H](O)[C@@H](O)C1)C(Cc1ccccc1)C(O)C(Cc1ccccc1)NC(=O)OC(C)(C)C. The van der Waals surface area contributed by atoms with E-state index in [-0.39, 0.29) is 38.3 Å². The lowest BCUT2D eigenvalue weighted by Gasteiger charge is -2.40. The Kier molecular flexibility index (Phi) is 12.3. The van der Waals surface area contributed by atoms with E-state index in [4.69, 9.17) is 10.5 Å². The number of benzene rings is 2. The van der Waals surface area contributed by atoms with Gasteiger partial charge in [-0.05, 0) is 57.1 Å². The number of alkyl carbamates (subject to hydrolysis) is 1. The van der Waals surface area contributed by atoms with Crippen LogP contribution in [0, 0.1) is 5.92 Å². The van der Waals surface area contributed by atoms with Gasteiger partial charge < -0.3 is 36.0 Å². The molecule has 3 rings (SSSR count). The predicted octanol–water partition coefficient (Wildman–Crippen LogP) is 2.45. The van der Waals surface area contributed by atoms with Gasteiger partial charge in [-0.2, -0.15) is 0 Å². The Balaban J connectivity index is 2.10. The molecule has 6 N–H and O–H groups in total. The second-order valence-electron chi connectivity index (χ2n) is 13.0. The van der Waals surface area contributed by atoms with E-state index in [1.54, 1.807) is 20.8 Å². The molecule has 242 valence electrons. The summed E-state index contributed by atoms with van der Waals surface area (Å²) in [6.07, 6.45) is -4.10. The number of nitrogens with one attached hydrogen (secondary N) is 1. The highest BCUT2D eigenvalue weighted by Crippen LogP contribution is 2.24.